The fraction of sp³-hybridized carbons (Fsp3) is 0.818. The average Bonchev–Trinajstić information content (AvgIpc) is 2.86. The Bertz CT molecular complexity index is 361. The van der Waals surface area contributed by atoms with Crippen molar-refractivity contribution < 1.29 is 9.47 Å². The van der Waals surface area contributed by atoms with Gasteiger partial charge in [-0.05, 0) is 25.7 Å². The molecule has 0 radical (unpaired) electrons. The van der Waals surface area contributed by atoms with Crippen molar-refractivity contribution in [3.8, 4) is 5.19 Å². The van der Waals surface area contributed by atoms with E-state index < -0.39 is 0 Å². The van der Waals surface area contributed by atoms with Gasteiger partial charge in [-0.1, -0.05) is 11.3 Å². The van der Waals surface area contributed by atoms with E-state index in [1.54, 1.807) is 0 Å². The lowest BCUT2D eigenvalue weighted by Crippen LogP contribution is -2.16. The molecule has 6 heteroatoms. The minimum Gasteiger partial charge on any atom is -0.466 e. The molecule has 0 amide bonds. The average molecular weight is 255 g/mol. The highest BCUT2D eigenvalue weighted by Crippen LogP contribution is 2.22. The lowest BCUT2D eigenvalue weighted by atomic mass is 10.2. The van der Waals surface area contributed by atoms with E-state index in [-0.39, 0.29) is 6.10 Å². The predicted molar refractivity (Wildman–Crippen MR) is 64.2 cm³/mol. The molecule has 5 nitrogen and oxygen atoms in total. The highest BCUT2D eigenvalue weighted by molar-refractivity contribution is 7.13. The maximum absolute atomic E-state index is 5.59. The molecule has 1 saturated carbocycles. The van der Waals surface area contributed by atoms with Gasteiger partial charge in [0.2, 0.25) is 0 Å². The van der Waals surface area contributed by atoms with E-state index in [2.05, 4.69) is 15.5 Å². The van der Waals surface area contributed by atoms with Gasteiger partial charge in [-0.3, -0.25) is 0 Å². The summed E-state index contributed by atoms with van der Waals surface area (Å²) in [6.45, 7) is 2.27. The first-order chi connectivity index (χ1) is 8.40. The molecule has 1 aromatic heterocycles. The summed E-state index contributed by atoms with van der Waals surface area (Å²) in [6.07, 6.45) is 5.06. The van der Waals surface area contributed by atoms with Crippen LogP contribution in [0.25, 0.3) is 0 Å². The monoisotopic (exact) mass is 255 g/mol. The van der Waals surface area contributed by atoms with Gasteiger partial charge >= 0.3 is 0 Å². The van der Waals surface area contributed by atoms with E-state index >= 15 is 0 Å². The van der Waals surface area contributed by atoms with Crippen molar-refractivity contribution in [1.82, 2.24) is 15.5 Å². The second-order valence-corrected chi connectivity index (χ2v) is 5.59. The number of aromatic nitrogens is 2. The highest BCUT2D eigenvalue weighted by Gasteiger charge is 2.21. The first-order valence-electron chi connectivity index (χ1n) is 6.20. The molecular formula is C11H17N3O2S. The van der Waals surface area contributed by atoms with E-state index in [0.717, 1.165) is 31.0 Å². The molecule has 1 aliphatic carbocycles. The van der Waals surface area contributed by atoms with Crippen molar-refractivity contribution in [3.05, 3.63) is 5.01 Å². The van der Waals surface area contributed by atoms with Crippen LogP contribution in [-0.4, -0.2) is 35.6 Å². The van der Waals surface area contributed by atoms with Crippen molar-refractivity contribution in [2.75, 3.05) is 13.2 Å². The van der Waals surface area contributed by atoms with Crippen molar-refractivity contribution in [2.45, 2.75) is 44.4 Å². The summed E-state index contributed by atoms with van der Waals surface area (Å²) < 4.78 is 11.1. The van der Waals surface area contributed by atoms with E-state index in [4.69, 9.17) is 9.47 Å². The lowest BCUT2D eigenvalue weighted by molar-refractivity contribution is 0.0676. The van der Waals surface area contributed by atoms with Gasteiger partial charge in [0.15, 0.2) is 0 Å². The number of hydrogen-bond donors (Lipinski definition) is 1. The number of hydrogen-bond acceptors (Lipinski definition) is 6. The highest BCUT2D eigenvalue weighted by atomic mass is 32.1. The summed E-state index contributed by atoms with van der Waals surface area (Å²) in [7, 11) is 0. The third-order valence-corrected chi connectivity index (χ3v) is 3.82. The van der Waals surface area contributed by atoms with Gasteiger partial charge in [-0.15, -0.1) is 10.2 Å². The van der Waals surface area contributed by atoms with E-state index in [9.17, 15) is 0 Å². The van der Waals surface area contributed by atoms with Gasteiger partial charge in [0.1, 0.15) is 11.6 Å². The van der Waals surface area contributed by atoms with Gasteiger partial charge in [-0.2, -0.15) is 0 Å². The third kappa shape index (κ3) is 3.37. The van der Waals surface area contributed by atoms with Gasteiger partial charge < -0.3 is 14.8 Å². The maximum Gasteiger partial charge on any atom is 0.294 e. The molecule has 0 aromatic carbocycles. The van der Waals surface area contributed by atoms with Crippen LogP contribution in [0.15, 0.2) is 0 Å². The molecule has 1 aliphatic heterocycles. The van der Waals surface area contributed by atoms with Crippen LogP contribution in [0.2, 0.25) is 0 Å². The molecule has 17 heavy (non-hydrogen) atoms. The van der Waals surface area contributed by atoms with Crippen molar-refractivity contribution in [3.63, 3.8) is 0 Å². The number of nitrogens with zero attached hydrogens (tertiary/aromatic N) is 2. The Morgan fingerprint density at radius 2 is 2.29 bits per heavy atom. The zero-order chi connectivity index (χ0) is 11.5. The first-order valence-corrected chi connectivity index (χ1v) is 7.02. The Morgan fingerprint density at radius 1 is 1.35 bits per heavy atom. The van der Waals surface area contributed by atoms with Gasteiger partial charge in [-0.25, -0.2) is 0 Å². The Labute approximate surface area is 105 Å². The van der Waals surface area contributed by atoms with Crippen LogP contribution in [0.1, 0.15) is 30.7 Å². The molecule has 1 atom stereocenters. The first kappa shape index (κ1) is 11.4. The minimum absolute atomic E-state index is 0.243. The summed E-state index contributed by atoms with van der Waals surface area (Å²) in [5, 5.41) is 13.2. The lowest BCUT2D eigenvalue weighted by Gasteiger charge is -2.07. The van der Waals surface area contributed by atoms with E-state index in [1.807, 2.05) is 0 Å². The zero-order valence-corrected chi connectivity index (χ0v) is 10.5. The minimum atomic E-state index is 0.243. The fourth-order valence-corrected chi connectivity index (χ4v) is 2.47. The summed E-state index contributed by atoms with van der Waals surface area (Å²) >= 11 is 1.52. The van der Waals surface area contributed by atoms with Crippen LogP contribution in [0, 0.1) is 0 Å². The Balaban J connectivity index is 1.42. The molecule has 0 bridgehead atoms. The largest absolute Gasteiger partial charge is 0.466 e. The molecule has 2 aliphatic rings. The Kier molecular flexibility index (Phi) is 3.54. The van der Waals surface area contributed by atoms with Crippen LogP contribution in [-0.2, 0) is 11.3 Å². The summed E-state index contributed by atoms with van der Waals surface area (Å²) in [5.41, 5.74) is 0. The second-order valence-electron chi connectivity index (χ2n) is 4.56. The predicted octanol–water partition coefficient (Wildman–Crippen LogP) is 1.35. The SMILES string of the molecule is C1COC(COc2nnc(CNC3CC3)s2)C1. The summed E-state index contributed by atoms with van der Waals surface area (Å²) in [5.74, 6) is 0. The quantitative estimate of drug-likeness (QED) is 0.831. The zero-order valence-electron chi connectivity index (χ0n) is 9.72. The molecule has 1 saturated heterocycles. The van der Waals surface area contributed by atoms with Gasteiger partial charge in [0, 0.05) is 12.6 Å². The Morgan fingerprint density at radius 3 is 3.06 bits per heavy atom. The van der Waals surface area contributed by atoms with E-state index in [1.165, 1.54) is 24.2 Å². The van der Waals surface area contributed by atoms with Crippen molar-refractivity contribution in [2.24, 2.45) is 0 Å². The molecular weight excluding hydrogens is 238 g/mol. The summed E-state index contributed by atoms with van der Waals surface area (Å²) in [4.78, 5) is 0. The topological polar surface area (TPSA) is 56.3 Å². The number of ether oxygens (including phenoxy) is 2. The molecule has 2 fully saturated rings. The Hall–Kier alpha value is -0.720. The van der Waals surface area contributed by atoms with Crippen LogP contribution in [0.4, 0.5) is 0 Å². The van der Waals surface area contributed by atoms with Crippen molar-refractivity contribution >= 4 is 11.3 Å². The second kappa shape index (κ2) is 5.29. The van der Waals surface area contributed by atoms with E-state index in [0.29, 0.717) is 17.8 Å². The fourth-order valence-electron chi connectivity index (χ4n) is 1.83. The van der Waals surface area contributed by atoms with Crippen LogP contribution in [0.5, 0.6) is 5.19 Å². The maximum atomic E-state index is 5.59. The van der Waals surface area contributed by atoms with Gasteiger partial charge in [0.05, 0.1) is 12.6 Å². The molecule has 2 heterocycles. The molecule has 1 N–H and O–H groups in total. The van der Waals surface area contributed by atoms with Crippen LogP contribution in [0.3, 0.4) is 0 Å². The summed E-state index contributed by atoms with van der Waals surface area (Å²) in [6, 6.07) is 0.704. The molecule has 1 aromatic rings. The molecule has 3 rings (SSSR count). The van der Waals surface area contributed by atoms with Crippen LogP contribution >= 0.6 is 11.3 Å². The standard InChI is InChI=1S/C11H17N3O2S/c1-2-9(15-5-1)7-16-11-14-13-10(17-11)6-12-8-3-4-8/h8-9,12H,1-7H2. The van der Waals surface area contributed by atoms with Crippen molar-refractivity contribution in [1.29, 1.82) is 0 Å². The third-order valence-electron chi connectivity index (χ3n) is 2.98. The number of rotatable bonds is 6. The molecule has 1 unspecified atom stereocenters. The molecule has 0 spiro atoms. The smallest absolute Gasteiger partial charge is 0.294 e. The normalized spacial score (nSPS) is 24.1. The number of nitrogens with one attached hydrogen (secondary N) is 1. The molecule has 94 valence electrons. The van der Waals surface area contributed by atoms with Crippen LogP contribution < -0.4 is 10.1 Å². The van der Waals surface area contributed by atoms with Gasteiger partial charge in [0.25, 0.3) is 5.19 Å².